The molecule has 2 rings (SSSR count). The second kappa shape index (κ2) is 5.86. The minimum absolute atomic E-state index is 0.170. The summed E-state index contributed by atoms with van der Waals surface area (Å²) in [6, 6.07) is 11.1. The first-order valence-corrected chi connectivity index (χ1v) is 7.46. The smallest absolute Gasteiger partial charge is 0.252 e. The van der Waals surface area contributed by atoms with Gasteiger partial charge in [0.1, 0.15) is 5.60 Å². The Morgan fingerprint density at radius 1 is 1.42 bits per heavy atom. The normalized spacial score (nSPS) is 13.8. The SMILES string of the molecule is CC(O)(CNC(=O)c1csc(Br)c1)c1ccccc1. The van der Waals surface area contributed by atoms with E-state index < -0.39 is 5.60 Å². The van der Waals surface area contributed by atoms with Gasteiger partial charge in [-0.15, -0.1) is 11.3 Å². The molecule has 2 aromatic rings. The van der Waals surface area contributed by atoms with E-state index in [1.165, 1.54) is 11.3 Å². The van der Waals surface area contributed by atoms with Crippen molar-refractivity contribution in [1.82, 2.24) is 5.32 Å². The maximum absolute atomic E-state index is 11.9. The van der Waals surface area contributed by atoms with E-state index in [1.807, 2.05) is 30.3 Å². The standard InChI is InChI=1S/C14H14BrNO2S/c1-14(18,11-5-3-2-4-6-11)9-16-13(17)10-7-12(15)19-8-10/h2-8,18H,9H2,1H3,(H,16,17). The topological polar surface area (TPSA) is 49.3 Å². The Balaban J connectivity index is 2.00. The number of nitrogens with one attached hydrogen (secondary N) is 1. The lowest BCUT2D eigenvalue weighted by Crippen LogP contribution is -2.38. The molecule has 1 amide bonds. The Kier molecular flexibility index (Phi) is 4.39. The number of benzene rings is 1. The van der Waals surface area contributed by atoms with Crippen LogP contribution in [-0.4, -0.2) is 17.6 Å². The molecule has 0 radical (unpaired) electrons. The van der Waals surface area contributed by atoms with E-state index >= 15 is 0 Å². The number of carbonyl (C=O) groups excluding carboxylic acids is 1. The van der Waals surface area contributed by atoms with Gasteiger partial charge < -0.3 is 10.4 Å². The van der Waals surface area contributed by atoms with E-state index in [0.717, 1.165) is 9.35 Å². The highest BCUT2D eigenvalue weighted by Crippen LogP contribution is 2.22. The molecule has 1 aromatic heterocycles. The molecule has 3 nitrogen and oxygen atoms in total. The molecule has 0 spiro atoms. The first kappa shape index (κ1) is 14.2. The third-order valence-corrected chi connectivity index (χ3v) is 4.32. The molecule has 0 aliphatic heterocycles. The van der Waals surface area contributed by atoms with Gasteiger partial charge in [0, 0.05) is 5.38 Å². The number of amides is 1. The van der Waals surface area contributed by atoms with Crippen LogP contribution >= 0.6 is 27.3 Å². The van der Waals surface area contributed by atoms with Crippen LogP contribution < -0.4 is 5.32 Å². The molecule has 0 bridgehead atoms. The van der Waals surface area contributed by atoms with Crippen molar-refractivity contribution in [3.63, 3.8) is 0 Å². The highest BCUT2D eigenvalue weighted by atomic mass is 79.9. The molecule has 2 N–H and O–H groups in total. The summed E-state index contributed by atoms with van der Waals surface area (Å²) in [5.41, 5.74) is 0.298. The molecular formula is C14H14BrNO2S. The predicted molar refractivity (Wildman–Crippen MR) is 80.4 cm³/mol. The Morgan fingerprint density at radius 2 is 2.11 bits per heavy atom. The van der Waals surface area contributed by atoms with Gasteiger partial charge in [-0.1, -0.05) is 30.3 Å². The zero-order valence-electron chi connectivity index (χ0n) is 10.4. The van der Waals surface area contributed by atoms with Gasteiger partial charge in [0.15, 0.2) is 0 Å². The van der Waals surface area contributed by atoms with Crippen molar-refractivity contribution in [1.29, 1.82) is 0 Å². The summed E-state index contributed by atoms with van der Waals surface area (Å²) >= 11 is 4.77. The molecule has 1 heterocycles. The van der Waals surface area contributed by atoms with Crippen LogP contribution in [0.2, 0.25) is 0 Å². The second-order valence-electron chi connectivity index (χ2n) is 4.46. The number of carbonyl (C=O) groups is 1. The van der Waals surface area contributed by atoms with Crippen LogP contribution in [0.4, 0.5) is 0 Å². The van der Waals surface area contributed by atoms with Gasteiger partial charge in [-0.2, -0.15) is 0 Å². The maximum atomic E-state index is 11.9. The van der Waals surface area contributed by atoms with Crippen LogP contribution in [0.3, 0.4) is 0 Å². The molecule has 0 saturated carbocycles. The van der Waals surface area contributed by atoms with Gasteiger partial charge in [0.2, 0.25) is 0 Å². The average molecular weight is 340 g/mol. The Morgan fingerprint density at radius 3 is 2.68 bits per heavy atom. The third-order valence-electron chi connectivity index (χ3n) is 2.82. The molecule has 1 atom stereocenters. The van der Waals surface area contributed by atoms with Crippen LogP contribution in [-0.2, 0) is 5.60 Å². The van der Waals surface area contributed by atoms with Crippen LogP contribution in [0, 0.1) is 0 Å². The van der Waals surface area contributed by atoms with E-state index in [1.54, 1.807) is 18.4 Å². The van der Waals surface area contributed by atoms with Gasteiger partial charge in [0.25, 0.3) is 5.91 Å². The summed E-state index contributed by atoms with van der Waals surface area (Å²) in [7, 11) is 0. The van der Waals surface area contributed by atoms with Crippen molar-refractivity contribution in [3.05, 3.63) is 56.7 Å². The van der Waals surface area contributed by atoms with E-state index in [-0.39, 0.29) is 12.5 Å². The summed E-state index contributed by atoms with van der Waals surface area (Å²) in [6.45, 7) is 1.86. The van der Waals surface area contributed by atoms with Crippen LogP contribution in [0.5, 0.6) is 0 Å². The molecule has 0 fully saturated rings. The number of thiophene rings is 1. The van der Waals surface area contributed by atoms with Crippen molar-refractivity contribution < 1.29 is 9.90 Å². The quantitative estimate of drug-likeness (QED) is 0.898. The number of aliphatic hydroxyl groups is 1. The van der Waals surface area contributed by atoms with Gasteiger partial charge in [-0.25, -0.2) is 0 Å². The zero-order chi connectivity index (χ0) is 13.9. The minimum atomic E-state index is -1.08. The van der Waals surface area contributed by atoms with Gasteiger partial charge in [0.05, 0.1) is 15.9 Å². The zero-order valence-corrected chi connectivity index (χ0v) is 12.8. The van der Waals surface area contributed by atoms with E-state index in [0.29, 0.717) is 5.56 Å². The van der Waals surface area contributed by atoms with Crippen molar-refractivity contribution in [3.8, 4) is 0 Å². The maximum Gasteiger partial charge on any atom is 0.252 e. The molecule has 1 aromatic carbocycles. The van der Waals surface area contributed by atoms with Crippen molar-refractivity contribution in [2.75, 3.05) is 6.54 Å². The van der Waals surface area contributed by atoms with Crippen LogP contribution in [0.15, 0.2) is 45.6 Å². The first-order valence-electron chi connectivity index (χ1n) is 5.79. The summed E-state index contributed by atoms with van der Waals surface area (Å²) in [5, 5.41) is 14.9. The lowest BCUT2D eigenvalue weighted by atomic mass is 9.96. The molecule has 0 aliphatic rings. The first-order chi connectivity index (χ1) is 8.99. The second-order valence-corrected chi connectivity index (χ2v) is 6.75. The third kappa shape index (κ3) is 3.65. The van der Waals surface area contributed by atoms with Crippen molar-refractivity contribution >= 4 is 33.2 Å². The number of hydrogen-bond donors (Lipinski definition) is 2. The molecule has 0 saturated heterocycles. The fourth-order valence-corrected chi connectivity index (χ4v) is 2.82. The van der Waals surface area contributed by atoms with Crippen molar-refractivity contribution in [2.24, 2.45) is 0 Å². The lowest BCUT2D eigenvalue weighted by Gasteiger charge is -2.24. The predicted octanol–water partition coefficient (Wildman–Crippen LogP) is 3.15. The number of rotatable bonds is 4. The summed E-state index contributed by atoms with van der Waals surface area (Å²) in [4.78, 5) is 11.9. The van der Waals surface area contributed by atoms with Crippen LogP contribution in [0.1, 0.15) is 22.8 Å². The summed E-state index contributed by atoms with van der Waals surface area (Å²) in [5.74, 6) is -0.182. The lowest BCUT2D eigenvalue weighted by molar-refractivity contribution is 0.0526. The Bertz CT molecular complexity index is 566. The van der Waals surface area contributed by atoms with Crippen LogP contribution in [0.25, 0.3) is 0 Å². The molecule has 100 valence electrons. The fourth-order valence-electron chi connectivity index (χ4n) is 1.68. The van der Waals surface area contributed by atoms with Gasteiger partial charge >= 0.3 is 0 Å². The Hall–Kier alpha value is -1.17. The Labute approximate surface area is 124 Å². The highest BCUT2D eigenvalue weighted by Gasteiger charge is 2.23. The summed E-state index contributed by atoms with van der Waals surface area (Å²) < 4.78 is 0.910. The molecule has 1 unspecified atom stereocenters. The number of hydrogen-bond acceptors (Lipinski definition) is 3. The molecule has 0 aliphatic carbocycles. The molecular weight excluding hydrogens is 326 g/mol. The fraction of sp³-hybridized carbons (Fsp3) is 0.214. The van der Waals surface area contributed by atoms with E-state index in [2.05, 4.69) is 21.2 Å². The molecule has 5 heteroatoms. The summed E-state index contributed by atoms with van der Waals surface area (Å²) in [6.07, 6.45) is 0. The average Bonchev–Trinajstić information content (AvgIpc) is 2.84. The number of halogens is 1. The van der Waals surface area contributed by atoms with Gasteiger partial charge in [-0.05, 0) is 34.5 Å². The largest absolute Gasteiger partial charge is 0.384 e. The van der Waals surface area contributed by atoms with E-state index in [9.17, 15) is 9.90 Å². The molecule has 19 heavy (non-hydrogen) atoms. The van der Waals surface area contributed by atoms with Crippen molar-refractivity contribution in [2.45, 2.75) is 12.5 Å². The van der Waals surface area contributed by atoms with E-state index in [4.69, 9.17) is 0 Å². The monoisotopic (exact) mass is 339 g/mol. The highest BCUT2D eigenvalue weighted by molar-refractivity contribution is 9.11. The van der Waals surface area contributed by atoms with Gasteiger partial charge in [-0.3, -0.25) is 4.79 Å². The minimum Gasteiger partial charge on any atom is -0.384 e.